The molecule has 1 aromatic heterocycles. The van der Waals surface area contributed by atoms with Crippen molar-refractivity contribution >= 4 is 0 Å². The van der Waals surface area contributed by atoms with E-state index in [0.29, 0.717) is 0 Å². The van der Waals surface area contributed by atoms with Gasteiger partial charge in [0.1, 0.15) is 5.82 Å². The van der Waals surface area contributed by atoms with Gasteiger partial charge in [-0.25, -0.2) is 4.98 Å². The van der Waals surface area contributed by atoms with Crippen molar-refractivity contribution in [2.45, 2.75) is 32.7 Å². The summed E-state index contributed by atoms with van der Waals surface area (Å²) in [6.45, 7) is 5.47. The van der Waals surface area contributed by atoms with Gasteiger partial charge in [-0.05, 0) is 57.0 Å². The van der Waals surface area contributed by atoms with Crippen molar-refractivity contribution in [1.82, 2.24) is 14.9 Å². The normalized spacial score (nSPS) is 29.3. The summed E-state index contributed by atoms with van der Waals surface area (Å²) in [4.78, 5) is 4.24. The van der Waals surface area contributed by atoms with Gasteiger partial charge < -0.3 is 9.88 Å². The summed E-state index contributed by atoms with van der Waals surface area (Å²) in [6.07, 6.45) is 12.8. The second-order valence-corrected chi connectivity index (χ2v) is 5.77. The highest BCUT2D eigenvalue weighted by Crippen LogP contribution is 2.42. The highest BCUT2D eigenvalue weighted by Gasteiger charge is 2.34. The molecule has 0 aliphatic heterocycles. The van der Waals surface area contributed by atoms with E-state index in [0.717, 1.165) is 36.7 Å². The van der Waals surface area contributed by atoms with Crippen LogP contribution in [-0.4, -0.2) is 22.6 Å². The maximum absolute atomic E-state index is 4.24. The van der Waals surface area contributed by atoms with Crippen molar-refractivity contribution in [3.8, 4) is 0 Å². The molecule has 1 aromatic rings. The first kappa shape index (κ1) is 12.0. The number of nitrogens with one attached hydrogen (secondary N) is 1. The number of aromatic nitrogens is 2. The molecule has 1 N–H and O–H groups in total. The van der Waals surface area contributed by atoms with E-state index < -0.39 is 0 Å². The Bertz CT molecular complexity index is 421. The van der Waals surface area contributed by atoms with Crippen LogP contribution < -0.4 is 5.32 Å². The minimum atomic E-state index is 0.874. The first-order valence-corrected chi connectivity index (χ1v) is 7.19. The fourth-order valence-corrected chi connectivity index (χ4v) is 3.43. The lowest BCUT2D eigenvalue weighted by atomic mass is 9.94. The Hall–Kier alpha value is -1.09. The van der Waals surface area contributed by atoms with E-state index in [-0.39, 0.29) is 0 Å². The summed E-state index contributed by atoms with van der Waals surface area (Å²) < 4.78 is 2.22. The summed E-state index contributed by atoms with van der Waals surface area (Å²) in [5.41, 5.74) is 0. The van der Waals surface area contributed by atoms with Crippen molar-refractivity contribution in [2.24, 2.45) is 17.8 Å². The van der Waals surface area contributed by atoms with Crippen molar-refractivity contribution < 1.29 is 0 Å². The van der Waals surface area contributed by atoms with Crippen molar-refractivity contribution in [3.05, 3.63) is 30.4 Å². The molecule has 1 fully saturated rings. The Kier molecular flexibility index (Phi) is 3.50. The second kappa shape index (κ2) is 5.27. The van der Waals surface area contributed by atoms with Gasteiger partial charge in [-0.15, -0.1) is 0 Å². The van der Waals surface area contributed by atoms with Crippen LogP contribution in [0.2, 0.25) is 0 Å². The predicted molar refractivity (Wildman–Crippen MR) is 73.3 cm³/mol. The lowest BCUT2D eigenvalue weighted by Crippen LogP contribution is -2.26. The van der Waals surface area contributed by atoms with Crippen LogP contribution in [0.25, 0.3) is 0 Å². The van der Waals surface area contributed by atoms with Crippen molar-refractivity contribution in [1.29, 1.82) is 0 Å². The summed E-state index contributed by atoms with van der Waals surface area (Å²) in [5, 5.41) is 3.63. The first-order valence-electron chi connectivity index (χ1n) is 7.19. The Labute approximate surface area is 109 Å². The molecule has 2 aliphatic carbocycles. The van der Waals surface area contributed by atoms with Crippen LogP contribution in [-0.2, 0) is 6.54 Å². The van der Waals surface area contributed by atoms with Crippen LogP contribution in [0.15, 0.2) is 24.5 Å². The van der Waals surface area contributed by atoms with Crippen LogP contribution in [0.1, 0.15) is 25.1 Å². The van der Waals surface area contributed by atoms with Gasteiger partial charge in [-0.3, -0.25) is 0 Å². The number of imidazole rings is 1. The average molecular weight is 245 g/mol. The van der Waals surface area contributed by atoms with E-state index in [4.69, 9.17) is 0 Å². The summed E-state index contributed by atoms with van der Waals surface area (Å²) in [6, 6.07) is 0. The Morgan fingerprint density at radius 3 is 3.00 bits per heavy atom. The molecular formula is C15H23N3. The fraction of sp³-hybridized carbons (Fsp3) is 0.667. The van der Waals surface area contributed by atoms with E-state index in [1.807, 2.05) is 6.20 Å². The van der Waals surface area contributed by atoms with Crippen LogP contribution >= 0.6 is 0 Å². The standard InChI is InChI=1S/C15H23N3/c1-12-17-6-8-18(12)7-2-5-16-11-15-10-13-3-4-14(15)9-13/h3-4,6,8,13-16H,2,5,7,9-11H2,1H3/t13-,14-,15+/m1/s1. The van der Waals surface area contributed by atoms with Gasteiger partial charge in [0, 0.05) is 18.9 Å². The Balaban J connectivity index is 1.32. The largest absolute Gasteiger partial charge is 0.335 e. The molecule has 0 unspecified atom stereocenters. The van der Waals surface area contributed by atoms with E-state index in [1.165, 1.54) is 25.8 Å². The molecule has 3 nitrogen and oxygen atoms in total. The average Bonchev–Trinajstić information content (AvgIpc) is 3.06. The SMILES string of the molecule is Cc1nccn1CCCNC[C@@H]1C[C@@H]2C=C[C@@H]1C2. The number of aryl methyl sites for hydroxylation is 2. The van der Waals surface area contributed by atoms with Gasteiger partial charge in [0.25, 0.3) is 0 Å². The van der Waals surface area contributed by atoms with Gasteiger partial charge in [0.05, 0.1) is 0 Å². The molecule has 2 aliphatic rings. The Morgan fingerprint density at radius 1 is 1.39 bits per heavy atom. The van der Waals surface area contributed by atoms with Crippen molar-refractivity contribution in [2.75, 3.05) is 13.1 Å². The third-order valence-electron chi connectivity index (χ3n) is 4.50. The molecule has 3 atom stereocenters. The van der Waals surface area contributed by atoms with E-state index in [1.54, 1.807) is 0 Å². The third kappa shape index (κ3) is 2.51. The van der Waals surface area contributed by atoms with Gasteiger partial charge >= 0.3 is 0 Å². The minimum Gasteiger partial charge on any atom is -0.335 e. The maximum atomic E-state index is 4.24. The van der Waals surface area contributed by atoms with Gasteiger partial charge in [0.2, 0.25) is 0 Å². The van der Waals surface area contributed by atoms with E-state index in [2.05, 4.69) is 40.1 Å². The molecule has 0 amide bonds. The second-order valence-electron chi connectivity index (χ2n) is 5.77. The molecular weight excluding hydrogens is 222 g/mol. The Morgan fingerprint density at radius 2 is 2.33 bits per heavy atom. The number of hydrogen-bond acceptors (Lipinski definition) is 2. The zero-order valence-electron chi connectivity index (χ0n) is 11.2. The zero-order valence-corrected chi connectivity index (χ0v) is 11.2. The third-order valence-corrected chi connectivity index (χ3v) is 4.50. The minimum absolute atomic E-state index is 0.874. The van der Waals surface area contributed by atoms with E-state index in [9.17, 15) is 0 Å². The number of nitrogens with zero attached hydrogens (tertiary/aromatic N) is 2. The lowest BCUT2D eigenvalue weighted by Gasteiger charge is -2.18. The topological polar surface area (TPSA) is 29.9 Å². The van der Waals surface area contributed by atoms with Crippen LogP contribution in [0.3, 0.4) is 0 Å². The molecule has 0 aromatic carbocycles. The molecule has 0 saturated heterocycles. The van der Waals surface area contributed by atoms with Crippen LogP contribution in [0, 0.1) is 24.7 Å². The highest BCUT2D eigenvalue weighted by molar-refractivity contribution is 5.10. The fourth-order valence-electron chi connectivity index (χ4n) is 3.43. The van der Waals surface area contributed by atoms with Crippen molar-refractivity contribution in [3.63, 3.8) is 0 Å². The molecule has 3 heteroatoms. The number of fused-ring (bicyclic) bond motifs is 2. The number of allylic oxidation sites excluding steroid dienone is 2. The first-order chi connectivity index (χ1) is 8.83. The quantitative estimate of drug-likeness (QED) is 0.616. The molecule has 1 heterocycles. The molecule has 2 bridgehead atoms. The van der Waals surface area contributed by atoms with Gasteiger partial charge in [-0.1, -0.05) is 12.2 Å². The zero-order chi connectivity index (χ0) is 12.4. The monoisotopic (exact) mass is 245 g/mol. The summed E-state index contributed by atoms with van der Waals surface area (Å²) in [5.74, 6) is 3.79. The molecule has 98 valence electrons. The molecule has 1 saturated carbocycles. The molecule has 3 rings (SSSR count). The number of rotatable bonds is 6. The number of hydrogen-bond donors (Lipinski definition) is 1. The molecule has 18 heavy (non-hydrogen) atoms. The van der Waals surface area contributed by atoms with Crippen LogP contribution in [0.5, 0.6) is 0 Å². The van der Waals surface area contributed by atoms with Gasteiger partial charge in [0.15, 0.2) is 0 Å². The summed E-state index contributed by atoms with van der Waals surface area (Å²) >= 11 is 0. The highest BCUT2D eigenvalue weighted by atomic mass is 15.1. The summed E-state index contributed by atoms with van der Waals surface area (Å²) in [7, 11) is 0. The predicted octanol–water partition coefficient (Wildman–Crippen LogP) is 2.38. The lowest BCUT2D eigenvalue weighted by molar-refractivity contribution is 0.409. The van der Waals surface area contributed by atoms with Crippen LogP contribution in [0.4, 0.5) is 0 Å². The smallest absolute Gasteiger partial charge is 0.105 e. The van der Waals surface area contributed by atoms with Gasteiger partial charge in [-0.2, -0.15) is 0 Å². The van der Waals surface area contributed by atoms with E-state index >= 15 is 0 Å². The molecule has 0 spiro atoms. The maximum Gasteiger partial charge on any atom is 0.105 e. The molecule has 0 radical (unpaired) electrons.